The molecule has 1 aromatic heterocycles. The third kappa shape index (κ3) is 3.28. The molecule has 94 valence electrons. The van der Waals surface area contributed by atoms with Crippen LogP contribution in [-0.4, -0.2) is 34.4 Å². The molecule has 6 heteroatoms. The third-order valence-corrected chi connectivity index (χ3v) is 6.16. The van der Waals surface area contributed by atoms with Crippen LogP contribution in [0.1, 0.15) is 24.2 Å². The summed E-state index contributed by atoms with van der Waals surface area (Å²) in [7, 11) is 0. The first kappa shape index (κ1) is 13.9. The first-order valence-corrected chi connectivity index (χ1v) is 8.71. The first-order valence-electron chi connectivity index (χ1n) is 5.37. The van der Waals surface area contributed by atoms with Crippen LogP contribution in [-0.2, 0) is 0 Å². The van der Waals surface area contributed by atoms with Gasteiger partial charge in [0.2, 0.25) is 0 Å². The number of carbonyl (C=O) groups excluding carboxylic acids is 1. The predicted octanol–water partition coefficient (Wildman–Crippen LogP) is 4.24. The Hall–Kier alpha value is 0.480. The lowest BCUT2D eigenvalue weighted by atomic mass is 10.2. The van der Waals surface area contributed by atoms with Crippen LogP contribution < -0.4 is 0 Å². The number of rotatable bonds is 1. The Balaban J connectivity index is 2.17. The molecule has 2 rings (SSSR count). The highest BCUT2D eigenvalue weighted by atomic mass is 79.9. The highest BCUT2D eigenvalue weighted by Crippen LogP contribution is 2.34. The van der Waals surface area contributed by atoms with Crippen LogP contribution in [0, 0.1) is 0 Å². The van der Waals surface area contributed by atoms with Crippen molar-refractivity contribution in [2.45, 2.75) is 24.3 Å². The van der Waals surface area contributed by atoms with Crippen molar-refractivity contribution in [3.63, 3.8) is 0 Å². The van der Waals surface area contributed by atoms with Gasteiger partial charge in [-0.1, -0.05) is 13.8 Å². The second-order valence-electron chi connectivity index (χ2n) is 4.21. The lowest BCUT2D eigenvalue weighted by Gasteiger charge is -2.34. The summed E-state index contributed by atoms with van der Waals surface area (Å²) < 4.78 is 1.90. The molecule has 0 N–H and O–H groups in total. The maximum absolute atomic E-state index is 12.4. The molecule has 2 unspecified atom stereocenters. The number of thiophene rings is 1. The standard InChI is InChI=1S/C11H13Br2NOS2/c1-6-4-14(5-7(2)16-6)11(15)8-3-9(12)17-10(8)13/h3,6-7H,4-5H2,1-2H3. The minimum Gasteiger partial charge on any atom is -0.336 e. The van der Waals surface area contributed by atoms with Crippen molar-refractivity contribution in [2.75, 3.05) is 13.1 Å². The molecule has 1 saturated heterocycles. The van der Waals surface area contributed by atoms with Crippen LogP contribution in [0.15, 0.2) is 13.6 Å². The van der Waals surface area contributed by atoms with E-state index in [1.165, 1.54) is 0 Å². The molecule has 2 heterocycles. The van der Waals surface area contributed by atoms with Gasteiger partial charge in [0.1, 0.15) is 0 Å². The van der Waals surface area contributed by atoms with Gasteiger partial charge in [-0.2, -0.15) is 11.8 Å². The summed E-state index contributed by atoms with van der Waals surface area (Å²) in [6, 6.07) is 1.90. The number of hydrogen-bond donors (Lipinski definition) is 0. The second-order valence-corrected chi connectivity index (χ2v) is 9.84. The zero-order valence-corrected chi connectivity index (χ0v) is 14.4. The largest absolute Gasteiger partial charge is 0.336 e. The van der Waals surface area contributed by atoms with Gasteiger partial charge < -0.3 is 4.90 Å². The number of hydrogen-bond acceptors (Lipinski definition) is 3. The number of thioether (sulfide) groups is 1. The van der Waals surface area contributed by atoms with Crippen molar-refractivity contribution in [1.82, 2.24) is 4.90 Å². The Labute approximate surface area is 126 Å². The van der Waals surface area contributed by atoms with E-state index < -0.39 is 0 Å². The molecular formula is C11H13Br2NOS2. The molecule has 0 aromatic carbocycles. The van der Waals surface area contributed by atoms with Gasteiger partial charge in [-0.25, -0.2) is 0 Å². The van der Waals surface area contributed by atoms with E-state index in [2.05, 4.69) is 45.7 Å². The van der Waals surface area contributed by atoms with E-state index in [9.17, 15) is 4.79 Å². The molecule has 1 amide bonds. The highest BCUT2D eigenvalue weighted by molar-refractivity contribution is 9.12. The summed E-state index contributed by atoms with van der Waals surface area (Å²) in [5.74, 6) is 0.137. The quantitative estimate of drug-likeness (QED) is 0.705. The fourth-order valence-corrected chi connectivity index (χ4v) is 6.10. The van der Waals surface area contributed by atoms with Crippen LogP contribution >= 0.6 is 55.0 Å². The molecule has 0 spiro atoms. The van der Waals surface area contributed by atoms with E-state index in [1.54, 1.807) is 11.3 Å². The Bertz CT molecular complexity index is 425. The minimum absolute atomic E-state index is 0.137. The van der Waals surface area contributed by atoms with Gasteiger partial charge in [-0.3, -0.25) is 4.79 Å². The molecule has 2 atom stereocenters. The van der Waals surface area contributed by atoms with Crippen LogP contribution in [0.4, 0.5) is 0 Å². The molecular weight excluding hydrogens is 386 g/mol. The molecule has 1 fully saturated rings. The van der Waals surface area contributed by atoms with Gasteiger partial charge in [-0.05, 0) is 37.9 Å². The zero-order valence-electron chi connectivity index (χ0n) is 9.57. The van der Waals surface area contributed by atoms with E-state index >= 15 is 0 Å². The summed E-state index contributed by atoms with van der Waals surface area (Å²) >= 11 is 10.4. The lowest BCUT2D eigenvalue weighted by Crippen LogP contribution is -2.44. The number of halogens is 2. The fourth-order valence-electron chi connectivity index (χ4n) is 2.00. The van der Waals surface area contributed by atoms with E-state index in [0.29, 0.717) is 10.5 Å². The molecule has 1 aliphatic rings. The third-order valence-electron chi connectivity index (χ3n) is 2.59. The normalized spacial score (nSPS) is 25.1. The lowest BCUT2D eigenvalue weighted by molar-refractivity contribution is 0.0753. The van der Waals surface area contributed by atoms with Gasteiger partial charge in [0.05, 0.1) is 13.1 Å². The number of carbonyl (C=O) groups is 1. The summed E-state index contributed by atoms with van der Waals surface area (Å²) in [6.07, 6.45) is 0. The Morgan fingerprint density at radius 1 is 1.35 bits per heavy atom. The van der Waals surface area contributed by atoms with Gasteiger partial charge in [-0.15, -0.1) is 11.3 Å². The SMILES string of the molecule is CC1CN(C(=O)c2cc(Br)sc2Br)CC(C)S1. The second kappa shape index (κ2) is 5.63. The van der Waals surface area contributed by atoms with Crippen molar-refractivity contribution in [2.24, 2.45) is 0 Å². The minimum atomic E-state index is 0.137. The monoisotopic (exact) mass is 397 g/mol. The molecule has 0 bridgehead atoms. The topological polar surface area (TPSA) is 20.3 Å². The summed E-state index contributed by atoms with van der Waals surface area (Å²) in [5.41, 5.74) is 0.771. The van der Waals surface area contributed by atoms with E-state index in [1.807, 2.05) is 22.7 Å². The number of nitrogens with zero attached hydrogens (tertiary/aromatic N) is 1. The predicted molar refractivity (Wildman–Crippen MR) is 82.1 cm³/mol. The molecule has 0 radical (unpaired) electrons. The Kier molecular flexibility index (Phi) is 4.61. The van der Waals surface area contributed by atoms with Crippen molar-refractivity contribution in [3.05, 3.63) is 19.2 Å². The van der Waals surface area contributed by atoms with E-state index in [0.717, 1.165) is 26.2 Å². The molecule has 0 saturated carbocycles. The average Bonchev–Trinajstić information content (AvgIpc) is 2.55. The summed E-state index contributed by atoms with van der Waals surface area (Å²) in [5, 5.41) is 1.03. The molecule has 1 aliphatic heterocycles. The molecule has 1 aromatic rings. The van der Waals surface area contributed by atoms with Gasteiger partial charge in [0, 0.05) is 23.6 Å². The first-order chi connectivity index (χ1) is 7.97. The molecule has 17 heavy (non-hydrogen) atoms. The fraction of sp³-hybridized carbons (Fsp3) is 0.545. The van der Waals surface area contributed by atoms with Crippen LogP contribution in [0.5, 0.6) is 0 Å². The van der Waals surface area contributed by atoms with Gasteiger partial charge >= 0.3 is 0 Å². The van der Waals surface area contributed by atoms with Crippen LogP contribution in [0.3, 0.4) is 0 Å². The number of amides is 1. The zero-order chi connectivity index (χ0) is 12.6. The smallest absolute Gasteiger partial charge is 0.255 e. The summed E-state index contributed by atoms with van der Waals surface area (Å²) in [4.78, 5) is 14.4. The van der Waals surface area contributed by atoms with Crippen molar-refractivity contribution in [1.29, 1.82) is 0 Å². The van der Waals surface area contributed by atoms with Crippen molar-refractivity contribution < 1.29 is 4.79 Å². The van der Waals surface area contributed by atoms with Crippen molar-refractivity contribution >= 4 is 60.9 Å². The maximum atomic E-state index is 12.4. The molecule has 2 nitrogen and oxygen atoms in total. The van der Waals surface area contributed by atoms with E-state index in [4.69, 9.17) is 0 Å². The highest BCUT2D eigenvalue weighted by Gasteiger charge is 2.28. The molecule has 0 aliphatic carbocycles. The van der Waals surface area contributed by atoms with Crippen molar-refractivity contribution in [3.8, 4) is 0 Å². The average molecular weight is 399 g/mol. The summed E-state index contributed by atoms with van der Waals surface area (Å²) in [6.45, 7) is 6.04. The van der Waals surface area contributed by atoms with Crippen LogP contribution in [0.2, 0.25) is 0 Å². The van der Waals surface area contributed by atoms with E-state index in [-0.39, 0.29) is 5.91 Å². The van der Waals surface area contributed by atoms with Gasteiger partial charge in [0.15, 0.2) is 0 Å². The maximum Gasteiger partial charge on any atom is 0.255 e. The van der Waals surface area contributed by atoms with Gasteiger partial charge in [0.25, 0.3) is 5.91 Å². The Morgan fingerprint density at radius 3 is 2.41 bits per heavy atom. The Morgan fingerprint density at radius 2 is 1.94 bits per heavy atom. The van der Waals surface area contributed by atoms with Crippen LogP contribution in [0.25, 0.3) is 0 Å².